The number of carbonyl (C=O) groups excluding carboxylic acids is 1. The van der Waals surface area contributed by atoms with Crippen LogP contribution in [-0.4, -0.2) is 34.9 Å². The van der Waals surface area contributed by atoms with Crippen molar-refractivity contribution >= 4 is 11.7 Å². The Balaban J connectivity index is 1.59. The predicted octanol–water partition coefficient (Wildman–Crippen LogP) is 4.16. The Kier molecular flexibility index (Phi) is 5.76. The van der Waals surface area contributed by atoms with Crippen LogP contribution in [0.3, 0.4) is 0 Å². The van der Waals surface area contributed by atoms with Gasteiger partial charge in [-0.25, -0.2) is 4.79 Å². The Morgan fingerprint density at radius 3 is 2.48 bits per heavy atom. The summed E-state index contributed by atoms with van der Waals surface area (Å²) < 4.78 is 7.04. The van der Waals surface area contributed by atoms with Gasteiger partial charge in [0.15, 0.2) is 0 Å². The number of aromatic nitrogens is 2. The number of hydrogen-bond acceptors (Lipinski definition) is 3. The molecule has 0 radical (unpaired) electrons. The normalized spacial score (nSPS) is 11.7. The fourth-order valence-corrected chi connectivity index (χ4v) is 2.77. The minimum absolute atomic E-state index is 0.0602. The standard InChI is InChI=1S/C21H24N4O2/c1-16(18-7-11-20(27-3)12-8-18)24(2)21(26)23-19-9-5-17(6-10-19)15-25-14-4-13-22-25/h4-14,16H,15H2,1-3H3,(H,23,26). The van der Waals surface area contributed by atoms with Crippen molar-refractivity contribution < 1.29 is 9.53 Å². The first-order valence-electron chi connectivity index (χ1n) is 8.81. The third-order valence-corrected chi connectivity index (χ3v) is 4.61. The van der Waals surface area contributed by atoms with Crippen molar-refractivity contribution in [3.8, 4) is 5.75 Å². The van der Waals surface area contributed by atoms with Crippen LogP contribution in [0.25, 0.3) is 0 Å². The molecule has 6 heteroatoms. The lowest BCUT2D eigenvalue weighted by molar-refractivity contribution is 0.208. The maximum absolute atomic E-state index is 12.6. The second-order valence-corrected chi connectivity index (χ2v) is 6.39. The Morgan fingerprint density at radius 1 is 1.19 bits per heavy atom. The molecule has 1 unspecified atom stereocenters. The van der Waals surface area contributed by atoms with Gasteiger partial charge in [-0.2, -0.15) is 5.10 Å². The molecule has 0 saturated carbocycles. The quantitative estimate of drug-likeness (QED) is 0.714. The van der Waals surface area contributed by atoms with Gasteiger partial charge in [-0.1, -0.05) is 24.3 Å². The van der Waals surface area contributed by atoms with E-state index in [4.69, 9.17) is 4.74 Å². The number of amides is 2. The van der Waals surface area contributed by atoms with E-state index in [0.717, 1.165) is 22.6 Å². The number of ether oxygens (including phenoxy) is 1. The largest absolute Gasteiger partial charge is 0.497 e. The maximum Gasteiger partial charge on any atom is 0.322 e. The number of hydrogen-bond donors (Lipinski definition) is 1. The minimum atomic E-state index is -0.154. The van der Waals surface area contributed by atoms with Crippen LogP contribution in [0.4, 0.5) is 10.5 Å². The van der Waals surface area contributed by atoms with Gasteiger partial charge in [0.2, 0.25) is 0 Å². The Bertz CT molecular complexity index is 858. The van der Waals surface area contributed by atoms with Gasteiger partial charge in [-0.15, -0.1) is 0 Å². The molecule has 1 aromatic heterocycles. The van der Waals surface area contributed by atoms with Gasteiger partial charge in [0.1, 0.15) is 5.75 Å². The lowest BCUT2D eigenvalue weighted by Gasteiger charge is -2.25. The number of nitrogens with one attached hydrogen (secondary N) is 1. The zero-order valence-corrected chi connectivity index (χ0v) is 15.8. The summed E-state index contributed by atoms with van der Waals surface area (Å²) in [5, 5.41) is 7.14. The SMILES string of the molecule is COc1ccc(C(C)N(C)C(=O)Nc2ccc(Cn3cccn3)cc2)cc1. The predicted molar refractivity (Wildman–Crippen MR) is 106 cm³/mol. The van der Waals surface area contributed by atoms with E-state index in [-0.39, 0.29) is 12.1 Å². The summed E-state index contributed by atoms with van der Waals surface area (Å²) in [7, 11) is 3.43. The Morgan fingerprint density at radius 2 is 1.89 bits per heavy atom. The van der Waals surface area contributed by atoms with Crippen molar-refractivity contribution in [2.45, 2.75) is 19.5 Å². The number of rotatable bonds is 6. The van der Waals surface area contributed by atoms with E-state index in [1.807, 2.05) is 72.4 Å². The van der Waals surface area contributed by atoms with Gasteiger partial charge in [0.05, 0.1) is 19.7 Å². The molecule has 3 aromatic rings. The van der Waals surface area contributed by atoms with Crippen LogP contribution in [-0.2, 0) is 6.54 Å². The smallest absolute Gasteiger partial charge is 0.322 e. The minimum Gasteiger partial charge on any atom is -0.497 e. The highest BCUT2D eigenvalue weighted by atomic mass is 16.5. The number of nitrogens with zero attached hydrogens (tertiary/aromatic N) is 3. The van der Waals surface area contributed by atoms with Gasteiger partial charge in [0.25, 0.3) is 0 Å². The molecular weight excluding hydrogens is 340 g/mol. The van der Waals surface area contributed by atoms with Crippen LogP contribution < -0.4 is 10.1 Å². The van der Waals surface area contributed by atoms with Crippen LogP contribution in [0.15, 0.2) is 67.0 Å². The lowest BCUT2D eigenvalue weighted by Crippen LogP contribution is -2.33. The number of benzene rings is 2. The first kappa shape index (κ1) is 18.5. The average molecular weight is 364 g/mol. The molecule has 2 amide bonds. The maximum atomic E-state index is 12.6. The van der Waals surface area contributed by atoms with Crippen molar-refractivity contribution in [1.29, 1.82) is 0 Å². The molecule has 0 aliphatic rings. The fourth-order valence-electron chi connectivity index (χ4n) is 2.77. The first-order valence-corrected chi connectivity index (χ1v) is 8.81. The van der Waals surface area contributed by atoms with E-state index < -0.39 is 0 Å². The number of carbonyl (C=O) groups is 1. The summed E-state index contributed by atoms with van der Waals surface area (Å²) in [5.41, 5.74) is 2.93. The van der Waals surface area contributed by atoms with E-state index in [1.54, 1.807) is 25.3 Å². The zero-order valence-electron chi connectivity index (χ0n) is 15.8. The molecule has 1 heterocycles. The molecule has 0 saturated heterocycles. The molecule has 0 spiro atoms. The Hall–Kier alpha value is -3.28. The molecule has 0 aliphatic heterocycles. The van der Waals surface area contributed by atoms with Crippen molar-refractivity contribution in [1.82, 2.24) is 14.7 Å². The topological polar surface area (TPSA) is 59.4 Å². The molecule has 27 heavy (non-hydrogen) atoms. The van der Waals surface area contributed by atoms with Crippen molar-refractivity contribution in [2.24, 2.45) is 0 Å². The third-order valence-electron chi connectivity index (χ3n) is 4.61. The van der Waals surface area contributed by atoms with E-state index >= 15 is 0 Å². The molecule has 6 nitrogen and oxygen atoms in total. The second-order valence-electron chi connectivity index (χ2n) is 6.39. The summed E-state index contributed by atoms with van der Waals surface area (Å²) in [6, 6.07) is 17.2. The van der Waals surface area contributed by atoms with E-state index in [0.29, 0.717) is 6.54 Å². The summed E-state index contributed by atoms with van der Waals surface area (Å²) >= 11 is 0. The molecule has 1 N–H and O–H groups in total. The van der Waals surface area contributed by atoms with Gasteiger partial charge < -0.3 is 15.0 Å². The molecule has 2 aromatic carbocycles. The van der Waals surface area contributed by atoms with Gasteiger partial charge in [-0.05, 0) is 48.4 Å². The molecule has 0 aliphatic carbocycles. The molecule has 3 rings (SSSR count). The highest BCUT2D eigenvalue weighted by molar-refractivity contribution is 5.89. The van der Waals surface area contributed by atoms with E-state index in [2.05, 4.69) is 10.4 Å². The van der Waals surface area contributed by atoms with E-state index in [9.17, 15) is 4.79 Å². The van der Waals surface area contributed by atoms with Gasteiger partial charge >= 0.3 is 6.03 Å². The summed E-state index contributed by atoms with van der Waals surface area (Å²) in [4.78, 5) is 14.2. The van der Waals surface area contributed by atoms with Gasteiger partial charge in [0, 0.05) is 25.1 Å². The van der Waals surface area contributed by atoms with E-state index in [1.165, 1.54) is 0 Å². The van der Waals surface area contributed by atoms with Crippen LogP contribution in [0.1, 0.15) is 24.1 Å². The summed E-state index contributed by atoms with van der Waals surface area (Å²) in [6.07, 6.45) is 3.68. The molecular formula is C21H24N4O2. The first-order chi connectivity index (χ1) is 13.1. The average Bonchev–Trinajstić information content (AvgIpc) is 3.21. The van der Waals surface area contributed by atoms with Crippen LogP contribution in [0.5, 0.6) is 5.75 Å². The highest BCUT2D eigenvalue weighted by Crippen LogP contribution is 2.22. The van der Waals surface area contributed by atoms with Crippen molar-refractivity contribution in [2.75, 3.05) is 19.5 Å². The summed E-state index contributed by atoms with van der Waals surface area (Å²) in [6.45, 7) is 2.70. The highest BCUT2D eigenvalue weighted by Gasteiger charge is 2.17. The van der Waals surface area contributed by atoms with Crippen molar-refractivity contribution in [3.05, 3.63) is 78.1 Å². The number of methoxy groups -OCH3 is 1. The monoisotopic (exact) mass is 364 g/mol. The molecule has 0 bridgehead atoms. The molecule has 1 atom stereocenters. The molecule has 0 fully saturated rings. The second kappa shape index (κ2) is 8.40. The number of urea groups is 1. The van der Waals surface area contributed by atoms with Crippen molar-refractivity contribution in [3.63, 3.8) is 0 Å². The Labute approximate surface area is 159 Å². The van der Waals surface area contributed by atoms with Crippen LogP contribution >= 0.6 is 0 Å². The van der Waals surface area contributed by atoms with Crippen LogP contribution in [0.2, 0.25) is 0 Å². The molecule has 140 valence electrons. The van der Waals surface area contributed by atoms with Crippen LogP contribution in [0, 0.1) is 0 Å². The van der Waals surface area contributed by atoms with Gasteiger partial charge in [-0.3, -0.25) is 4.68 Å². The zero-order chi connectivity index (χ0) is 19.2. The summed E-state index contributed by atoms with van der Waals surface area (Å²) in [5.74, 6) is 0.799. The third kappa shape index (κ3) is 4.67. The number of anilines is 1. The lowest BCUT2D eigenvalue weighted by atomic mass is 10.1. The fraction of sp³-hybridized carbons (Fsp3) is 0.238.